The molecule has 0 bridgehead atoms. The van der Waals surface area contributed by atoms with E-state index in [-0.39, 0.29) is 5.56 Å². The van der Waals surface area contributed by atoms with Crippen LogP contribution in [0.4, 0.5) is 42.0 Å². The number of benzene rings is 2. The average Bonchev–Trinajstić information content (AvgIpc) is 3.07. The maximum atomic E-state index is 13.1. The molecule has 4 N–H and O–H groups in total. The number of amides is 1. The summed E-state index contributed by atoms with van der Waals surface area (Å²) in [5.41, 5.74) is 3.21. The Morgan fingerprint density at radius 2 is 1.77 bits per heavy atom. The zero-order valence-corrected chi connectivity index (χ0v) is 25.7. The van der Waals surface area contributed by atoms with E-state index < -0.39 is 17.6 Å². The number of rotatable bonds is 13. The van der Waals surface area contributed by atoms with Crippen molar-refractivity contribution in [3.63, 3.8) is 0 Å². The van der Waals surface area contributed by atoms with E-state index in [1.165, 1.54) is 18.5 Å². The standard InChI is InChI=1S/C34H33F3N8O2/c1-3-47-15-14-38-19-23-10-12-30(40-20-23)45-31-18-29(41-21-42-31)27-8-5-13-39-32(27)44-28-17-26(11-9-22(28)2)43-33(46)24-6-4-7-25(16-24)34(35,36)37/h4-13,16-18,20-21,38H,3,14-15,19H2,1-2H3,(H,39,44)(H,43,46)(H,40,41,42,45). The molecule has 242 valence electrons. The molecule has 2 aromatic carbocycles. The predicted octanol–water partition coefficient (Wildman–Crippen LogP) is 7.13. The molecule has 3 aromatic heterocycles. The number of ether oxygens (including phenoxy) is 1. The van der Waals surface area contributed by atoms with Crippen LogP contribution in [-0.2, 0) is 17.5 Å². The van der Waals surface area contributed by atoms with E-state index in [0.717, 1.165) is 29.8 Å². The Hall–Kier alpha value is -5.40. The van der Waals surface area contributed by atoms with Gasteiger partial charge in [-0.25, -0.2) is 19.9 Å². The first kappa shape index (κ1) is 33.0. The first-order valence-corrected chi connectivity index (χ1v) is 14.8. The van der Waals surface area contributed by atoms with E-state index in [9.17, 15) is 18.0 Å². The van der Waals surface area contributed by atoms with Gasteiger partial charge in [0.25, 0.3) is 5.91 Å². The van der Waals surface area contributed by atoms with Crippen molar-refractivity contribution in [1.29, 1.82) is 0 Å². The van der Waals surface area contributed by atoms with Gasteiger partial charge in [-0.15, -0.1) is 0 Å². The summed E-state index contributed by atoms with van der Waals surface area (Å²) in [4.78, 5) is 30.6. The number of carbonyl (C=O) groups is 1. The van der Waals surface area contributed by atoms with Gasteiger partial charge in [-0.3, -0.25) is 4.79 Å². The van der Waals surface area contributed by atoms with Crippen molar-refractivity contribution in [2.75, 3.05) is 35.7 Å². The zero-order chi connectivity index (χ0) is 33.2. The number of carbonyl (C=O) groups excluding carboxylic acids is 1. The first-order chi connectivity index (χ1) is 22.7. The lowest BCUT2D eigenvalue weighted by molar-refractivity contribution is -0.137. The Labute approximate surface area is 269 Å². The van der Waals surface area contributed by atoms with Crippen LogP contribution in [0.5, 0.6) is 0 Å². The third kappa shape index (κ3) is 9.08. The van der Waals surface area contributed by atoms with Crippen LogP contribution in [0, 0.1) is 6.92 Å². The minimum absolute atomic E-state index is 0.105. The Balaban J connectivity index is 1.28. The molecule has 13 heteroatoms. The molecule has 0 saturated heterocycles. The Bertz CT molecular complexity index is 1820. The fraction of sp³-hybridized carbons (Fsp3) is 0.206. The van der Waals surface area contributed by atoms with E-state index in [1.54, 1.807) is 42.7 Å². The molecule has 0 aliphatic rings. The van der Waals surface area contributed by atoms with E-state index in [4.69, 9.17) is 4.74 Å². The van der Waals surface area contributed by atoms with Crippen LogP contribution in [0.1, 0.15) is 34.0 Å². The molecular weight excluding hydrogens is 609 g/mol. The lowest BCUT2D eigenvalue weighted by atomic mass is 10.1. The second-order valence-corrected chi connectivity index (χ2v) is 10.4. The number of anilines is 5. The van der Waals surface area contributed by atoms with Crippen LogP contribution in [0.2, 0.25) is 0 Å². The van der Waals surface area contributed by atoms with Gasteiger partial charge in [0.1, 0.15) is 23.8 Å². The van der Waals surface area contributed by atoms with E-state index in [1.807, 2.05) is 32.0 Å². The van der Waals surface area contributed by atoms with Crippen molar-refractivity contribution in [3.8, 4) is 11.3 Å². The fourth-order valence-electron chi connectivity index (χ4n) is 4.54. The van der Waals surface area contributed by atoms with Crippen molar-refractivity contribution in [1.82, 2.24) is 25.3 Å². The lowest BCUT2D eigenvalue weighted by Gasteiger charge is -2.15. The maximum absolute atomic E-state index is 13.1. The molecule has 0 spiro atoms. The Morgan fingerprint density at radius 1 is 0.894 bits per heavy atom. The van der Waals surface area contributed by atoms with Crippen molar-refractivity contribution < 1.29 is 22.7 Å². The Morgan fingerprint density at radius 3 is 2.55 bits per heavy atom. The number of hydrogen-bond donors (Lipinski definition) is 4. The van der Waals surface area contributed by atoms with Crippen LogP contribution < -0.4 is 21.3 Å². The predicted molar refractivity (Wildman–Crippen MR) is 175 cm³/mol. The van der Waals surface area contributed by atoms with Crippen molar-refractivity contribution in [2.45, 2.75) is 26.6 Å². The van der Waals surface area contributed by atoms with Crippen LogP contribution in [0.15, 0.2) is 91.5 Å². The summed E-state index contributed by atoms with van der Waals surface area (Å²) in [5.74, 6) is 0.997. The number of nitrogens with one attached hydrogen (secondary N) is 4. The minimum Gasteiger partial charge on any atom is -0.380 e. The third-order valence-electron chi connectivity index (χ3n) is 6.99. The van der Waals surface area contributed by atoms with E-state index >= 15 is 0 Å². The number of aryl methyl sites for hydroxylation is 1. The van der Waals surface area contributed by atoms with Crippen LogP contribution in [0.3, 0.4) is 0 Å². The molecule has 0 aliphatic carbocycles. The molecule has 5 rings (SSSR count). The van der Waals surface area contributed by atoms with Gasteiger partial charge in [0.05, 0.1) is 17.9 Å². The molecule has 5 aromatic rings. The zero-order valence-electron chi connectivity index (χ0n) is 25.7. The highest BCUT2D eigenvalue weighted by Gasteiger charge is 2.31. The normalized spacial score (nSPS) is 11.3. The number of nitrogens with zero attached hydrogens (tertiary/aromatic N) is 4. The third-order valence-corrected chi connectivity index (χ3v) is 6.99. The maximum Gasteiger partial charge on any atom is 0.416 e. The topological polar surface area (TPSA) is 126 Å². The molecule has 47 heavy (non-hydrogen) atoms. The average molecular weight is 643 g/mol. The summed E-state index contributed by atoms with van der Waals surface area (Å²) < 4.78 is 44.8. The molecule has 0 atom stereocenters. The van der Waals surface area contributed by atoms with E-state index in [0.29, 0.717) is 59.8 Å². The van der Waals surface area contributed by atoms with Gasteiger partial charge in [-0.2, -0.15) is 13.2 Å². The van der Waals surface area contributed by atoms with Gasteiger partial charge in [0.2, 0.25) is 0 Å². The van der Waals surface area contributed by atoms with Crippen LogP contribution >= 0.6 is 0 Å². The van der Waals surface area contributed by atoms with Crippen LogP contribution in [-0.4, -0.2) is 45.6 Å². The van der Waals surface area contributed by atoms with Crippen molar-refractivity contribution in [3.05, 3.63) is 114 Å². The molecule has 0 saturated carbocycles. The van der Waals surface area contributed by atoms with Gasteiger partial charge in [-0.05, 0) is 73.5 Å². The monoisotopic (exact) mass is 642 g/mol. The number of aromatic nitrogens is 4. The highest BCUT2D eigenvalue weighted by molar-refractivity contribution is 6.04. The first-order valence-electron chi connectivity index (χ1n) is 14.8. The molecule has 3 heterocycles. The van der Waals surface area contributed by atoms with Gasteiger partial charge in [0, 0.05) is 60.7 Å². The fourth-order valence-corrected chi connectivity index (χ4v) is 4.54. The van der Waals surface area contributed by atoms with Gasteiger partial charge < -0.3 is 26.0 Å². The molecule has 0 fully saturated rings. The van der Waals surface area contributed by atoms with Crippen molar-refractivity contribution >= 4 is 34.7 Å². The number of hydrogen-bond acceptors (Lipinski definition) is 9. The smallest absolute Gasteiger partial charge is 0.380 e. The minimum atomic E-state index is -4.55. The van der Waals surface area contributed by atoms with Gasteiger partial charge in [-0.1, -0.05) is 18.2 Å². The van der Waals surface area contributed by atoms with Crippen molar-refractivity contribution in [2.24, 2.45) is 0 Å². The SMILES string of the molecule is CCOCCNCc1ccc(Nc2cc(-c3cccnc3Nc3cc(NC(=O)c4cccc(C(F)(F)F)c4)ccc3C)ncn2)nc1. The number of halogens is 3. The molecule has 1 amide bonds. The molecular formula is C34H33F3N8O2. The highest BCUT2D eigenvalue weighted by Crippen LogP contribution is 2.32. The Kier molecular flexibility index (Phi) is 10.7. The quantitative estimate of drug-likeness (QED) is 0.0993. The van der Waals surface area contributed by atoms with Gasteiger partial charge >= 0.3 is 6.18 Å². The molecule has 0 radical (unpaired) electrons. The number of alkyl halides is 3. The van der Waals surface area contributed by atoms with E-state index in [2.05, 4.69) is 41.2 Å². The second kappa shape index (κ2) is 15.3. The summed E-state index contributed by atoms with van der Waals surface area (Å²) in [6.07, 6.45) is 0.320. The summed E-state index contributed by atoms with van der Waals surface area (Å²) in [6, 6.07) is 18.7. The number of pyridine rings is 2. The molecule has 10 nitrogen and oxygen atoms in total. The van der Waals surface area contributed by atoms with Gasteiger partial charge in [0.15, 0.2) is 0 Å². The van der Waals surface area contributed by atoms with Crippen LogP contribution in [0.25, 0.3) is 11.3 Å². The summed E-state index contributed by atoms with van der Waals surface area (Å²) in [5, 5.41) is 12.5. The molecule has 0 unspecified atom stereocenters. The largest absolute Gasteiger partial charge is 0.416 e. The lowest BCUT2D eigenvalue weighted by Crippen LogP contribution is -2.19. The highest BCUT2D eigenvalue weighted by atomic mass is 19.4. The summed E-state index contributed by atoms with van der Waals surface area (Å²) >= 11 is 0. The second-order valence-electron chi connectivity index (χ2n) is 10.4. The molecule has 0 aliphatic heterocycles. The summed E-state index contributed by atoms with van der Waals surface area (Å²) in [7, 11) is 0. The summed E-state index contributed by atoms with van der Waals surface area (Å²) in [6.45, 7) is 6.63.